The van der Waals surface area contributed by atoms with Crippen LogP contribution in [0.25, 0.3) is 0 Å². The second-order valence-corrected chi connectivity index (χ2v) is 8.62. The van der Waals surface area contributed by atoms with Crippen LogP contribution in [0.15, 0.2) is 47.6 Å². The van der Waals surface area contributed by atoms with E-state index in [0.29, 0.717) is 26.1 Å². The molecule has 0 saturated carbocycles. The van der Waals surface area contributed by atoms with Gasteiger partial charge in [0.15, 0.2) is 11.5 Å². The largest absolute Gasteiger partial charge is 0.497 e. The monoisotopic (exact) mass is 456 g/mol. The van der Waals surface area contributed by atoms with Crippen LogP contribution in [0.4, 0.5) is 0 Å². The molecule has 0 amide bonds. The number of benzene rings is 2. The van der Waals surface area contributed by atoms with Crippen molar-refractivity contribution >= 4 is 5.71 Å². The lowest BCUT2D eigenvalue weighted by Gasteiger charge is -2.27. The molecular formula is C25H32N2O6. The Morgan fingerprint density at radius 3 is 2.82 bits per heavy atom. The zero-order chi connectivity index (χ0) is 23.2. The third-order valence-corrected chi connectivity index (χ3v) is 5.53. The van der Waals surface area contributed by atoms with Crippen LogP contribution in [0.3, 0.4) is 0 Å². The van der Waals surface area contributed by atoms with Crippen LogP contribution in [0.2, 0.25) is 0 Å². The Morgan fingerprint density at radius 2 is 2.00 bits per heavy atom. The molecule has 8 nitrogen and oxygen atoms in total. The van der Waals surface area contributed by atoms with Crippen molar-refractivity contribution in [1.29, 1.82) is 0 Å². The topological polar surface area (TPSA) is 82.0 Å². The summed E-state index contributed by atoms with van der Waals surface area (Å²) in [5.74, 6) is 2.28. The number of nitrogens with zero attached hydrogens (tertiary/aromatic N) is 2. The van der Waals surface area contributed by atoms with E-state index in [-0.39, 0.29) is 25.6 Å². The van der Waals surface area contributed by atoms with Crippen LogP contribution in [0, 0.1) is 0 Å². The zero-order valence-electron chi connectivity index (χ0n) is 19.4. The molecule has 33 heavy (non-hydrogen) atoms. The fourth-order valence-electron chi connectivity index (χ4n) is 3.95. The molecule has 0 radical (unpaired) electrons. The Kier molecular flexibility index (Phi) is 7.69. The molecule has 0 bridgehead atoms. The highest BCUT2D eigenvalue weighted by Gasteiger charge is 2.27. The van der Waals surface area contributed by atoms with Gasteiger partial charge in [-0.15, -0.1) is 0 Å². The molecule has 1 N–H and O–H groups in total. The first kappa shape index (κ1) is 23.4. The van der Waals surface area contributed by atoms with Crippen molar-refractivity contribution in [3.8, 4) is 17.2 Å². The lowest BCUT2D eigenvalue weighted by molar-refractivity contribution is -0.0194. The minimum Gasteiger partial charge on any atom is -0.497 e. The molecule has 0 saturated heterocycles. The van der Waals surface area contributed by atoms with Crippen molar-refractivity contribution in [2.24, 2.45) is 5.16 Å². The van der Waals surface area contributed by atoms with Crippen LogP contribution in [0.1, 0.15) is 31.4 Å². The fraction of sp³-hybridized carbons (Fsp3) is 0.480. The number of oxime groups is 1. The van der Waals surface area contributed by atoms with E-state index in [1.807, 2.05) is 50.2 Å². The van der Waals surface area contributed by atoms with Gasteiger partial charge in [0.05, 0.1) is 31.6 Å². The molecule has 2 aromatic rings. The number of methoxy groups -OCH3 is 1. The van der Waals surface area contributed by atoms with E-state index in [0.717, 1.165) is 34.1 Å². The summed E-state index contributed by atoms with van der Waals surface area (Å²) < 4.78 is 21.8. The van der Waals surface area contributed by atoms with Crippen LogP contribution in [-0.2, 0) is 16.1 Å². The highest BCUT2D eigenvalue weighted by atomic mass is 16.7. The highest BCUT2D eigenvalue weighted by Crippen LogP contribution is 2.33. The van der Waals surface area contributed by atoms with Gasteiger partial charge in [-0.3, -0.25) is 4.90 Å². The van der Waals surface area contributed by atoms with E-state index >= 15 is 0 Å². The predicted molar refractivity (Wildman–Crippen MR) is 124 cm³/mol. The summed E-state index contributed by atoms with van der Waals surface area (Å²) in [6, 6.07) is 13.8. The summed E-state index contributed by atoms with van der Waals surface area (Å²) in [6.07, 6.45) is 0.0255. The second kappa shape index (κ2) is 10.9. The number of hydrogen-bond donors (Lipinski definition) is 1. The van der Waals surface area contributed by atoms with Gasteiger partial charge in [0.25, 0.3) is 0 Å². The van der Waals surface area contributed by atoms with Gasteiger partial charge in [-0.1, -0.05) is 17.3 Å². The van der Waals surface area contributed by atoms with Gasteiger partial charge in [-0.25, -0.2) is 0 Å². The lowest BCUT2D eigenvalue weighted by atomic mass is 10.0. The third-order valence-electron chi connectivity index (χ3n) is 5.53. The molecule has 8 heteroatoms. The van der Waals surface area contributed by atoms with Crippen LogP contribution in [-0.4, -0.2) is 67.6 Å². The Balaban J connectivity index is 1.40. The molecule has 0 aliphatic carbocycles. The van der Waals surface area contributed by atoms with Crippen molar-refractivity contribution in [1.82, 2.24) is 4.90 Å². The molecule has 0 unspecified atom stereocenters. The minimum atomic E-state index is -0.603. The van der Waals surface area contributed by atoms with Crippen molar-refractivity contribution in [2.45, 2.75) is 45.1 Å². The molecular weight excluding hydrogens is 424 g/mol. The van der Waals surface area contributed by atoms with Crippen LogP contribution in [0.5, 0.6) is 17.2 Å². The number of aliphatic hydroxyl groups is 1. The van der Waals surface area contributed by atoms with E-state index < -0.39 is 6.10 Å². The average Bonchev–Trinajstić information content (AvgIpc) is 3.46. The van der Waals surface area contributed by atoms with Gasteiger partial charge in [0, 0.05) is 31.6 Å². The number of aliphatic hydroxyl groups excluding tert-OH is 1. The molecule has 2 atom stereocenters. The predicted octanol–water partition coefficient (Wildman–Crippen LogP) is 3.21. The highest BCUT2D eigenvalue weighted by molar-refractivity contribution is 6.01. The molecule has 0 fully saturated rings. The van der Waals surface area contributed by atoms with Crippen LogP contribution >= 0.6 is 0 Å². The Bertz CT molecular complexity index is 964. The van der Waals surface area contributed by atoms with Crippen molar-refractivity contribution in [2.75, 3.05) is 33.6 Å². The molecule has 2 aromatic carbocycles. The molecule has 0 spiro atoms. The Labute approximate surface area is 194 Å². The molecule has 2 aliphatic rings. The SMILES string of the molecule is COc1cccc(CN(C[C@@H](O)COC(C)C)C[C@H]2CC(c3ccc4c(c3)OCO4)=NO2)c1. The second-order valence-electron chi connectivity index (χ2n) is 8.62. The van der Waals surface area contributed by atoms with Gasteiger partial charge in [0.1, 0.15) is 11.9 Å². The van der Waals surface area contributed by atoms with Gasteiger partial charge in [-0.05, 0) is 49.7 Å². The normalized spacial score (nSPS) is 17.9. The average molecular weight is 457 g/mol. The van der Waals surface area contributed by atoms with E-state index in [4.69, 9.17) is 23.8 Å². The number of fused-ring (bicyclic) bond motifs is 1. The lowest BCUT2D eigenvalue weighted by Crippen LogP contribution is -2.39. The van der Waals surface area contributed by atoms with Crippen molar-refractivity contribution < 1.29 is 28.9 Å². The molecule has 4 rings (SSSR count). The van der Waals surface area contributed by atoms with Crippen LogP contribution < -0.4 is 14.2 Å². The van der Waals surface area contributed by atoms with Gasteiger partial charge in [0.2, 0.25) is 6.79 Å². The zero-order valence-corrected chi connectivity index (χ0v) is 19.4. The Morgan fingerprint density at radius 1 is 1.15 bits per heavy atom. The molecule has 178 valence electrons. The molecule has 2 heterocycles. The van der Waals surface area contributed by atoms with E-state index in [1.54, 1.807) is 7.11 Å². The summed E-state index contributed by atoms with van der Waals surface area (Å²) >= 11 is 0. The van der Waals surface area contributed by atoms with Gasteiger partial charge >= 0.3 is 0 Å². The first-order valence-electron chi connectivity index (χ1n) is 11.3. The maximum absolute atomic E-state index is 10.6. The van der Waals surface area contributed by atoms with Gasteiger partial charge < -0.3 is 28.9 Å². The molecule has 2 aliphatic heterocycles. The first-order valence-corrected chi connectivity index (χ1v) is 11.3. The maximum Gasteiger partial charge on any atom is 0.231 e. The number of hydrogen-bond acceptors (Lipinski definition) is 8. The third kappa shape index (κ3) is 6.37. The first-order chi connectivity index (χ1) is 16.0. The van der Waals surface area contributed by atoms with E-state index in [2.05, 4.69) is 16.1 Å². The smallest absolute Gasteiger partial charge is 0.231 e. The Hall–Kier alpha value is -2.81. The summed E-state index contributed by atoms with van der Waals surface area (Å²) in [4.78, 5) is 7.94. The summed E-state index contributed by atoms with van der Waals surface area (Å²) in [7, 11) is 1.66. The quantitative estimate of drug-likeness (QED) is 0.556. The van der Waals surface area contributed by atoms with E-state index in [9.17, 15) is 5.11 Å². The van der Waals surface area contributed by atoms with Crippen molar-refractivity contribution in [3.05, 3.63) is 53.6 Å². The fourth-order valence-corrected chi connectivity index (χ4v) is 3.95. The number of rotatable bonds is 11. The minimum absolute atomic E-state index is 0.0716. The summed E-state index contributed by atoms with van der Waals surface area (Å²) in [5, 5.41) is 14.9. The van der Waals surface area contributed by atoms with Crippen molar-refractivity contribution in [3.63, 3.8) is 0 Å². The maximum atomic E-state index is 10.6. The summed E-state index contributed by atoms with van der Waals surface area (Å²) in [5.41, 5.74) is 2.94. The van der Waals surface area contributed by atoms with E-state index in [1.165, 1.54) is 0 Å². The number of ether oxygens (including phenoxy) is 4. The molecule has 0 aromatic heterocycles. The summed E-state index contributed by atoms with van der Waals surface area (Å²) in [6.45, 7) is 6.18. The van der Waals surface area contributed by atoms with Gasteiger partial charge in [-0.2, -0.15) is 0 Å². The standard InChI is InChI=1S/C25H32N2O6/c1-17(2)30-15-20(28)13-27(12-18-5-4-6-21(9-18)29-3)14-22-11-23(26-33-22)19-7-8-24-25(10-19)32-16-31-24/h4-10,17,20,22,28H,11-16H2,1-3H3/t20-,22-/m1/s1.